The number of halogens is 1. The second kappa shape index (κ2) is 4.01. The van der Waals surface area contributed by atoms with Crippen LogP contribution in [0.4, 0.5) is 5.69 Å². The first-order valence-electron chi connectivity index (χ1n) is 4.32. The Morgan fingerprint density at radius 1 is 1.44 bits per heavy atom. The molecule has 2 aromatic rings. The van der Waals surface area contributed by atoms with Crippen molar-refractivity contribution in [3.05, 3.63) is 38.7 Å². The van der Waals surface area contributed by atoms with Crippen LogP contribution in [0.15, 0.2) is 27.4 Å². The fourth-order valence-electron chi connectivity index (χ4n) is 1.29. The Labute approximate surface area is 98.6 Å². The molecule has 0 spiro atoms. The van der Waals surface area contributed by atoms with Gasteiger partial charge in [0.1, 0.15) is 5.56 Å². The number of benzene rings is 1. The number of nitro groups is 1. The van der Waals surface area contributed by atoms with Crippen LogP contribution in [0.25, 0.3) is 11.5 Å². The summed E-state index contributed by atoms with van der Waals surface area (Å²) in [5.74, 6) is 0.127. The maximum absolute atomic E-state index is 10.8. The average Bonchev–Trinajstić information content (AvgIpc) is 2.64. The number of aromatic nitrogens is 2. The smallest absolute Gasteiger partial charge is 0.285 e. The van der Waals surface area contributed by atoms with Gasteiger partial charge >= 0.3 is 0 Å². The van der Waals surface area contributed by atoms with E-state index in [0.29, 0.717) is 5.56 Å². The topological polar surface area (TPSA) is 82.1 Å². The lowest BCUT2D eigenvalue weighted by atomic mass is 10.1. The highest BCUT2D eigenvalue weighted by Crippen LogP contribution is 2.30. The normalized spacial score (nSPS) is 10.4. The molecule has 0 bridgehead atoms. The van der Waals surface area contributed by atoms with Gasteiger partial charge in [0.2, 0.25) is 0 Å². The van der Waals surface area contributed by atoms with Gasteiger partial charge in [0.15, 0.2) is 0 Å². The second-order valence-electron chi connectivity index (χ2n) is 3.14. The summed E-state index contributed by atoms with van der Waals surface area (Å²) in [6, 6.07) is 4.72. The summed E-state index contributed by atoms with van der Waals surface area (Å²) in [5.41, 5.74) is 1.15. The van der Waals surface area contributed by atoms with E-state index in [-0.39, 0.29) is 16.4 Å². The maximum Gasteiger partial charge on any atom is 0.285 e. The Bertz CT molecular complexity index is 553. The Hall–Kier alpha value is -1.76. The molecule has 0 aliphatic heterocycles. The Morgan fingerprint density at radius 3 is 2.75 bits per heavy atom. The van der Waals surface area contributed by atoms with E-state index in [9.17, 15) is 10.1 Å². The summed E-state index contributed by atoms with van der Waals surface area (Å²) in [7, 11) is 0. The molecule has 0 amide bonds. The van der Waals surface area contributed by atoms with Crippen LogP contribution in [0.2, 0.25) is 0 Å². The summed E-state index contributed by atoms with van der Waals surface area (Å²) < 4.78 is 5.11. The molecule has 0 unspecified atom stereocenters. The molecule has 16 heavy (non-hydrogen) atoms. The third-order valence-electron chi connectivity index (χ3n) is 1.98. The van der Waals surface area contributed by atoms with E-state index in [4.69, 9.17) is 4.42 Å². The zero-order chi connectivity index (χ0) is 11.7. The molecule has 0 saturated carbocycles. The zero-order valence-corrected chi connectivity index (χ0v) is 9.76. The number of hydrogen-bond acceptors (Lipinski definition) is 5. The van der Waals surface area contributed by atoms with Crippen molar-refractivity contribution in [2.24, 2.45) is 0 Å². The Balaban J connectivity index is 2.62. The van der Waals surface area contributed by atoms with Crippen molar-refractivity contribution in [3.8, 4) is 11.5 Å². The first kappa shape index (κ1) is 10.7. The molecule has 1 aromatic carbocycles. The van der Waals surface area contributed by atoms with Crippen molar-refractivity contribution >= 4 is 21.6 Å². The van der Waals surface area contributed by atoms with Crippen molar-refractivity contribution in [1.29, 1.82) is 0 Å². The molecule has 0 aliphatic rings. The SMILES string of the molecule is Cc1ccc([N+](=O)[O-])c(-c2nnc(Br)o2)c1. The van der Waals surface area contributed by atoms with E-state index in [1.165, 1.54) is 6.07 Å². The molecule has 0 atom stereocenters. The minimum absolute atomic E-state index is 0.0539. The van der Waals surface area contributed by atoms with Gasteiger partial charge in [-0.05, 0) is 18.6 Å². The van der Waals surface area contributed by atoms with Gasteiger partial charge in [-0.25, -0.2) is 0 Å². The molecule has 0 N–H and O–H groups in total. The lowest BCUT2D eigenvalue weighted by molar-refractivity contribution is -0.384. The van der Waals surface area contributed by atoms with Gasteiger partial charge in [-0.2, -0.15) is 0 Å². The standard InChI is InChI=1S/C9H6BrN3O3/c1-5-2-3-7(13(14)15)6(4-5)8-11-12-9(10)16-8/h2-4H,1H3. The van der Waals surface area contributed by atoms with Crippen molar-refractivity contribution < 1.29 is 9.34 Å². The summed E-state index contributed by atoms with van der Waals surface area (Å²) in [6.45, 7) is 1.83. The molecular weight excluding hydrogens is 278 g/mol. The molecule has 0 aliphatic carbocycles. The highest BCUT2D eigenvalue weighted by atomic mass is 79.9. The van der Waals surface area contributed by atoms with Crippen LogP contribution in [0.5, 0.6) is 0 Å². The van der Waals surface area contributed by atoms with Gasteiger partial charge in [-0.3, -0.25) is 10.1 Å². The fraction of sp³-hybridized carbons (Fsp3) is 0.111. The molecule has 6 nitrogen and oxygen atoms in total. The number of hydrogen-bond donors (Lipinski definition) is 0. The van der Waals surface area contributed by atoms with Crippen molar-refractivity contribution in [2.75, 3.05) is 0 Å². The minimum atomic E-state index is -0.479. The molecule has 0 fully saturated rings. The van der Waals surface area contributed by atoms with Crippen molar-refractivity contribution in [2.45, 2.75) is 6.92 Å². The second-order valence-corrected chi connectivity index (χ2v) is 3.82. The summed E-state index contributed by atoms with van der Waals surface area (Å²) in [4.78, 5) is 10.5. The first-order chi connectivity index (χ1) is 7.58. The maximum atomic E-state index is 10.8. The molecule has 7 heteroatoms. The predicted molar refractivity (Wildman–Crippen MR) is 58.8 cm³/mol. The van der Waals surface area contributed by atoms with Gasteiger partial charge in [0.05, 0.1) is 4.92 Å². The molecule has 0 radical (unpaired) electrons. The lowest BCUT2D eigenvalue weighted by Crippen LogP contribution is -1.92. The van der Waals surface area contributed by atoms with Crippen molar-refractivity contribution in [3.63, 3.8) is 0 Å². The molecule has 0 saturated heterocycles. The van der Waals surface area contributed by atoms with Crippen LogP contribution < -0.4 is 0 Å². The molecule has 1 aromatic heterocycles. The van der Waals surface area contributed by atoms with E-state index in [0.717, 1.165) is 5.56 Å². The molecule has 82 valence electrons. The fourth-order valence-corrected chi connectivity index (χ4v) is 1.53. The van der Waals surface area contributed by atoms with E-state index < -0.39 is 4.92 Å². The molecule has 1 heterocycles. The number of rotatable bonds is 2. The lowest BCUT2D eigenvalue weighted by Gasteiger charge is -1.99. The summed E-state index contributed by atoms with van der Waals surface area (Å²) in [5, 5.41) is 18.1. The van der Waals surface area contributed by atoms with Gasteiger partial charge in [0, 0.05) is 22.0 Å². The van der Waals surface area contributed by atoms with Gasteiger partial charge in [0.25, 0.3) is 16.4 Å². The molecule has 2 rings (SSSR count). The average molecular weight is 284 g/mol. The van der Waals surface area contributed by atoms with Gasteiger partial charge in [-0.15, -0.1) is 10.2 Å². The largest absolute Gasteiger partial charge is 0.411 e. The Morgan fingerprint density at radius 2 is 2.19 bits per heavy atom. The van der Waals surface area contributed by atoms with E-state index in [1.54, 1.807) is 12.1 Å². The van der Waals surface area contributed by atoms with Crippen LogP contribution in [-0.2, 0) is 0 Å². The van der Waals surface area contributed by atoms with Gasteiger partial charge < -0.3 is 4.42 Å². The third kappa shape index (κ3) is 1.94. The highest BCUT2D eigenvalue weighted by molar-refractivity contribution is 9.10. The third-order valence-corrected chi connectivity index (χ3v) is 2.30. The number of nitro benzene ring substituents is 1. The zero-order valence-electron chi connectivity index (χ0n) is 8.18. The quantitative estimate of drug-likeness (QED) is 0.625. The van der Waals surface area contributed by atoms with Crippen LogP contribution in [-0.4, -0.2) is 15.1 Å². The van der Waals surface area contributed by atoms with Crippen LogP contribution >= 0.6 is 15.9 Å². The van der Waals surface area contributed by atoms with Crippen LogP contribution in [0.1, 0.15) is 5.56 Å². The van der Waals surface area contributed by atoms with Crippen LogP contribution in [0, 0.1) is 17.0 Å². The minimum Gasteiger partial charge on any atom is -0.411 e. The summed E-state index contributed by atoms with van der Waals surface area (Å²) >= 11 is 3.00. The summed E-state index contributed by atoms with van der Waals surface area (Å²) in [6.07, 6.45) is 0. The predicted octanol–water partition coefficient (Wildman–Crippen LogP) is 2.72. The van der Waals surface area contributed by atoms with Crippen molar-refractivity contribution in [1.82, 2.24) is 10.2 Å². The van der Waals surface area contributed by atoms with E-state index >= 15 is 0 Å². The number of nitrogens with zero attached hydrogens (tertiary/aromatic N) is 3. The van der Waals surface area contributed by atoms with E-state index in [1.807, 2.05) is 6.92 Å². The van der Waals surface area contributed by atoms with E-state index in [2.05, 4.69) is 26.1 Å². The highest BCUT2D eigenvalue weighted by Gasteiger charge is 2.19. The van der Waals surface area contributed by atoms with Gasteiger partial charge in [-0.1, -0.05) is 6.07 Å². The Kier molecular flexibility index (Phi) is 2.69. The first-order valence-corrected chi connectivity index (χ1v) is 5.11. The number of aryl methyl sites for hydroxylation is 1. The monoisotopic (exact) mass is 283 g/mol. The molecular formula is C9H6BrN3O3. The van der Waals surface area contributed by atoms with Crippen LogP contribution in [0.3, 0.4) is 0 Å².